The van der Waals surface area contributed by atoms with Crippen LogP contribution in [-0.4, -0.2) is 20.5 Å². The van der Waals surface area contributed by atoms with E-state index in [1.54, 1.807) is 0 Å². The minimum absolute atomic E-state index is 0.0104. The molecule has 1 saturated carbocycles. The Bertz CT molecular complexity index is 385. The van der Waals surface area contributed by atoms with Crippen LogP contribution in [0.2, 0.25) is 0 Å². The lowest BCUT2D eigenvalue weighted by atomic mass is 10.2. The third-order valence-corrected chi connectivity index (χ3v) is 2.39. The standard InChI is InChI=1S/C8H9N3O3/c12-8-2-1-6(3-8)10-5-7(4-9-10)11(13)14/h4-6H,1-3H2. The van der Waals surface area contributed by atoms with Gasteiger partial charge >= 0.3 is 5.69 Å². The normalized spacial score (nSPS) is 21.4. The van der Waals surface area contributed by atoms with E-state index < -0.39 is 4.92 Å². The van der Waals surface area contributed by atoms with E-state index in [-0.39, 0.29) is 17.5 Å². The van der Waals surface area contributed by atoms with Gasteiger partial charge in [0.1, 0.15) is 18.2 Å². The molecule has 0 bridgehead atoms. The van der Waals surface area contributed by atoms with E-state index in [0.717, 1.165) is 6.42 Å². The van der Waals surface area contributed by atoms with Crippen LogP contribution in [0.3, 0.4) is 0 Å². The number of hydrogen-bond donors (Lipinski definition) is 0. The van der Waals surface area contributed by atoms with Gasteiger partial charge in [0.2, 0.25) is 0 Å². The molecule has 1 fully saturated rings. The van der Waals surface area contributed by atoms with Crippen LogP contribution in [0.1, 0.15) is 25.3 Å². The first-order valence-corrected chi connectivity index (χ1v) is 4.37. The van der Waals surface area contributed by atoms with E-state index in [1.807, 2.05) is 0 Å². The number of carbonyl (C=O) groups excluding carboxylic acids is 1. The zero-order valence-electron chi connectivity index (χ0n) is 7.42. The molecule has 1 unspecified atom stereocenters. The predicted octanol–water partition coefficient (Wildman–Crippen LogP) is 1.09. The maximum Gasteiger partial charge on any atom is 0.307 e. The third-order valence-electron chi connectivity index (χ3n) is 2.39. The van der Waals surface area contributed by atoms with E-state index in [9.17, 15) is 14.9 Å². The zero-order valence-corrected chi connectivity index (χ0v) is 7.42. The van der Waals surface area contributed by atoms with Crippen LogP contribution in [0, 0.1) is 10.1 Å². The summed E-state index contributed by atoms with van der Waals surface area (Å²) in [6, 6.07) is 0.0104. The second kappa shape index (κ2) is 3.21. The fourth-order valence-electron chi connectivity index (χ4n) is 1.64. The smallest absolute Gasteiger partial charge is 0.300 e. The molecule has 0 saturated heterocycles. The molecule has 1 aromatic heterocycles. The monoisotopic (exact) mass is 195 g/mol. The summed E-state index contributed by atoms with van der Waals surface area (Å²) in [6.07, 6.45) is 4.32. The van der Waals surface area contributed by atoms with Gasteiger partial charge in [-0.1, -0.05) is 0 Å². The number of hydrogen-bond acceptors (Lipinski definition) is 4. The van der Waals surface area contributed by atoms with Crippen LogP contribution in [0.5, 0.6) is 0 Å². The van der Waals surface area contributed by atoms with Crippen molar-refractivity contribution in [1.82, 2.24) is 9.78 Å². The van der Waals surface area contributed by atoms with Crippen molar-refractivity contribution in [2.24, 2.45) is 0 Å². The summed E-state index contributed by atoms with van der Waals surface area (Å²) in [4.78, 5) is 20.9. The van der Waals surface area contributed by atoms with Crippen LogP contribution >= 0.6 is 0 Å². The number of rotatable bonds is 2. The number of Topliss-reactive ketones (excluding diaryl/α,β-unsaturated/α-hetero) is 1. The van der Waals surface area contributed by atoms with Crippen LogP contribution in [0.15, 0.2) is 12.4 Å². The third kappa shape index (κ3) is 1.50. The summed E-state index contributed by atoms with van der Waals surface area (Å²) in [7, 11) is 0. The number of carbonyl (C=O) groups is 1. The van der Waals surface area contributed by atoms with Gasteiger partial charge in [-0.2, -0.15) is 5.10 Å². The van der Waals surface area contributed by atoms with Crippen LogP contribution in [-0.2, 0) is 4.79 Å². The highest BCUT2D eigenvalue weighted by atomic mass is 16.6. The Labute approximate surface area is 79.7 Å². The molecule has 74 valence electrons. The molecule has 0 spiro atoms. The van der Waals surface area contributed by atoms with Gasteiger partial charge in [0.15, 0.2) is 0 Å². The van der Waals surface area contributed by atoms with E-state index in [2.05, 4.69) is 5.10 Å². The number of ketones is 1. The molecule has 0 amide bonds. The van der Waals surface area contributed by atoms with Crippen molar-refractivity contribution in [3.05, 3.63) is 22.5 Å². The Morgan fingerprint density at radius 1 is 1.64 bits per heavy atom. The van der Waals surface area contributed by atoms with Crippen molar-refractivity contribution in [3.8, 4) is 0 Å². The highest BCUT2D eigenvalue weighted by molar-refractivity contribution is 5.80. The summed E-state index contributed by atoms with van der Waals surface area (Å²) < 4.78 is 1.52. The molecule has 0 radical (unpaired) electrons. The summed E-state index contributed by atoms with van der Waals surface area (Å²) >= 11 is 0. The first-order chi connectivity index (χ1) is 6.66. The number of nitro groups is 1. The lowest BCUT2D eigenvalue weighted by Gasteiger charge is -2.06. The summed E-state index contributed by atoms with van der Waals surface area (Å²) in [6.45, 7) is 0. The molecule has 6 heteroatoms. The minimum Gasteiger partial charge on any atom is -0.300 e. The Hall–Kier alpha value is -1.72. The molecule has 2 rings (SSSR count). The molecule has 0 N–H and O–H groups in total. The van der Waals surface area contributed by atoms with Crippen molar-refractivity contribution < 1.29 is 9.72 Å². The van der Waals surface area contributed by atoms with Crippen LogP contribution in [0.25, 0.3) is 0 Å². The van der Waals surface area contributed by atoms with Gasteiger partial charge in [-0.15, -0.1) is 0 Å². The van der Waals surface area contributed by atoms with Crippen molar-refractivity contribution in [2.75, 3.05) is 0 Å². The SMILES string of the molecule is O=C1CCC(n2cc([N+](=O)[O-])cn2)C1. The fourth-order valence-corrected chi connectivity index (χ4v) is 1.64. The quantitative estimate of drug-likeness (QED) is 0.522. The van der Waals surface area contributed by atoms with Crippen LogP contribution in [0.4, 0.5) is 5.69 Å². The largest absolute Gasteiger partial charge is 0.307 e. The fraction of sp³-hybridized carbons (Fsp3) is 0.500. The predicted molar refractivity (Wildman–Crippen MR) is 46.8 cm³/mol. The highest BCUT2D eigenvalue weighted by Crippen LogP contribution is 2.27. The van der Waals surface area contributed by atoms with Crippen molar-refractivity contribution >= 4 is 11.5 Å². The Morgan fingerprint density at radius 3 is 2.93 bits per heavy atom. The Morgan fingerprint density at radius 2 is 2.43 bits per heavy atom. The zero-order chi connectivity index (χ0) is 10.1. The summed E-state index contributed by atoms with van der Waals surface area (Å²) in [5.41, 5.74) is -0.0238. The van der Waals surface area contributed by atoms with E-state index in [1.165, 1.54) is 17.1 Å². The average molecular weight is 195 g/mol. The topological polar surface area (TPSA) is 78.0 Å². The van der Waals surface area contributed by atoms with Crippen LogP contribution < -0.4 is 0 Å². The van der Waals surface area contributed by atoms with Gasteiger partial charge in [-0.3, -0.25) is 19.6 Å². The molecule has 1 aliphatic rings. The summed E-state index contributed by atoms with van der Waals surface area (Å²) in [5.74, 6) is 0.202. The second-order valence-electron chi connectivity index (χ2n) is 3.37. The molecular formula is C8H9N3O3. The number of aromatic nitrogens is 2. The molecular weight excluding hydrogens is 186 g/mol. The van der Waals surface area contributed by atoms with E-state index >= 15 is 0 Å². The molecule has 1 aromatic rings. The molecule has 1 heterocycles. The first-order valence-electron chi connectivity index (χ1n) is 4.37. The Kier molecular flexibility index (Phi) is 2.03. The highest BCUT2D eigenvalue weighted by Gasteiger charge is 2.25. The molecule has 1 aliphatic carbocycles. The van der Waals surface area contributed by atoms with Gasteiger partial charge in [-0.25, -0.2) is 0 Å². The lowest BCUT2D eigenvalue weighted by Crippen LogP contribution is -2.05. The van der Waals surface area contributed by atoms with Gasteiger partial charge in [0.05, 0.1) is 11.0 Å². The van der Waals surface area contributed by atoms with Gasteiger partial charge < -0.3 is 0 Å². The molecule has 0 aliphatic heterocycles. The first kappa shape index (κ1) is 8.86. The average Bonchev–Trinajstić information content (AvgIpc) is 2.70. The summed E-state index contributed by atoms with van der Waals surface area (Å²) in [5, 5.41) is 14.3. The van der Waals surface area contributed by atoms with Gasteiger partial charge in [0, 0.05) is 12.8 Å². The van der Waals surface area contributed by atoms with E-state index in [4.69, 9.17) is 0 Å². The van der Waals surface area contributed by atoms with E-state index in [0.29, 0.717) is 12.8 Å². The minimum atomic E-state index is -0.486. The molecule has 1 atom stereocenters. The van der Waals surface area contributed by atoms with Crippen molar-refractivity contribution in [2.45, 2.75) is 25.3 Å². The maximum absolute atomic E-state index is 11.0. The second-order valence-corrected chi connectivity index (χ2v) is 3.37. The Balaban J connectivity index is 2.17. The maximum atomic E-state index is 11.0. The molecule has 0 aromatic carbocycles. The molecule has 6 nitrogen and oxygen atoms in total. The van der Waals surface area contributed by atoms with Crippen molar-refractivity contribution in [1.29, 1.82) is 0 Å². The van der Waals surface area contributed by atoms with Crippen molar-refractivity contribution in [3.63, 3.8) is 0 Å². The lowest BCUT2D eigenvalue weighted by molar-refractivity contribution is -0.385. The van der Waals surface area contributed by atoms with Gasteiger partial charge in [-0.05, 0) is 6.42 Å². The molecule has 14 heavy (non-hydrogen) atoms. The number of nitrogens with zero attached hydrogens (tertiary/aromatic N) is 3. The van der Waals surface area contributed by atoms with Gasteiger partial charge in [0.25, 0.3) is 0 Å².